The molecule has 1 N–H and O–H groups in total. The zero-order valence-corrected chi connectivity index (χ0v) is 12.2. The topological polar surface area (TPSA) is 42.7 Å². The van der Waals surface area contributed by atoms with E-state index in [1.807, 2.05) is 30.7 Å². The first-order chi connectivity index (χ1) is 9.75. The average molecular weight is 270 g/mol. The molecule has 2 aromatic rings. The van der Waals surface area contributed by atoms with Crippen LogP contribution < -0.4 is 5.32 Å². The number of hydrogen-bond donors (Lipinski definition) is 1. The highest BCUT2D eigenvalue weighted by molar-refractivity contribution is 5.36. The summed E-state index contributed by atoms with van der Waals surface area (Å²) in [5, 5.41) is 8.12. The van der Waals surface area contributed by atoms with Crippen molar-refractivity contribution < 1.29 is 0 Å². The fourth-order valence-corrected chi connectivity index (χ4v) is 2.51. The van der Waals surface area contributed by atoms with E-state index in [0.717, 1.165) is 18.8 Å². The van der Waals surface area contributed by atoms with Crippen molar-refractivity contribution in [3.05, 3.63) is 42.0 Å². The molecule has 3 rings (SSSR count). The molecular formula is C16H22N4. The largest absolute Gasteiger partial charge is 0.312 e. The number of rotatable bonds is 6. The molecule has 0 atom stereocenters. The van der Waals surface area contributed by atoms with Crippen LogP contribution in [0.3, 0.4) is 0 Å². The Bertz CT molecular complexity index is 555. The van der Waals surface area contributed by atoms with Gasteiger partial charge in [-0.15, -0.1) is 0 Å². The Labute approximate surface area is 120 Å². The van der Waals surface area contributed by atoms with E-state index in [2.05, 4.69) is 33.9 Å². The zero-order valence-electron chi connectivity index (χ0n) is 12.2. The van der Waals surface area contributed by atoms with Crippen molar-refractivity contribution >= 4 is 0 Å². The summed E-state index contributed by atoms with van der Waals surface area (Å²) in [4.78, 5) is 4.08. The van der Waals surface area contributed by atoms with Crippen LogP contribution in [0, 0.1) is 5.92 Å². The van der Waals surface area contributed by atoms with Crippen LogP contribution in [0.15, 0.2) is 30.7 Å². The summed E-state index contributed by atoms with van der Waals surface area (Å²) in [6.07, 6.45) is 8.23. The van der Waals surface area contributed by atoms with Gasteiger partial charge in [0.05, 0.1) is 17.6 Å². The molecule has 1 aliphatic carbocycles. The average Bonchev–Trinajstić information content (AvgIpc) is 3.20. The lowest BCUT2D eigenvalue weighted by molar-refractivity contribution is 0.550. The van der Waals surface area contributed by atoms with Gasteiger partial charge in [0.25, 0.3) is 0 Å². The lowest BCUT2D eigenvalue weighted by Gasteiger charge is -2.10. The molecule has 0 radical (unpaired) electrons. The summed E-state index contributed by atoms with van der Waals surface area (Å²) in [5.74, 6) is 1.36. The van der Waals surface area contributed by atoms with Gasteiger partial charge in [-0.3, -0.25) is 4.98 Å². The van der Waals surface area contributed by atoms with Crippen LogP contribution in [0.5, 0.6) is 0 Å². The maximum Gasteiger partial charge on any atom is 0.0679 e. The third-order valence-electron chi connectivity index (χ3n) is 3.63. The molecule has 1 fully saturated rings. The summed E-state index contributed by atoms with van der Waals surface area (Å²) >= 11 is 0. The van der Waals surface area contributed by atoms with Gasteiger partial charge in [0.2, 0.25) is 0 Å². The SMILES string of the molecule is CC(C)CNCc1cnn(-c2ccncc2)c1C1CC1. The normalized spacial score (nSPS) is 14.9. The third-order valence-corrected chi connectivity index (χ3v) is 3.63. The minimum absolute atomic E-state index is 0.676. The molecule has 2 heterocycles. The molecule has 0 unspecified atom stereocenters. The number of pyridine rings is 1. The van der Waals surface area contributed by atoms with Gasteiger partial charge >= 0.3 is 0 Å². The number of nitrogens with zero attached hydrogens (tertiary/aromatic N) is 3. The molecule has 1 saturated carbocycles. The minimum Gasteiger partial charge on any atom is -0.312 e. The second-order valence-corrected chi connectivity index (χ2v) is 5.97. The molecule has 0 spiro atoms. The second kappa shape index (κ2) is 5.75. The van der Waals surface area contributed by atoms with E-state index in [4.69, 9.17) is 0 Å². The Hall–Kier alpha value is -1.68. The maximum atomic E-state index is 4.59. The molecule has 4 nitrogen and oxygen atoms in total. The van der Waals surface area contributed by atoms with Crippen molar-refractivity contribution in [3.63, 3.8) is 0 Å². The summed E-state index contributed by atoms with van der Waals surface area (Å²) in [7, 11) is 0. The Morgan fingerprint density at radius 2 is 2.05 bits per heavy atom. The molecule has 1 aliphatic rings. The van der Waals surface area contributed by atoms with Gasteiger partial charge in [-0.25, -0.2) is 4.68 Å². The first kappa shape index (κ1) is 13.3. The second-order valence-electron chi connectivity index (χ2n) is 5.97. The third kappa shape index (κ3) is 2.90. The maximum absolute atomic E-state index is 4.59. The van der Waals surface area contributed by atoms with Gasteiger partial charge in [-0.1, -0.05) is 13.8 Å². The Morgan fingerprint density at radius 3 is 2.70 bits per heavy atom. The number of hydrogen-bond acceptors (Lipinski definition) is 3. The van der Waals surface area contributed by atoms with Crippen LogP contribution in [0.1, 0.15) is 43.9 Å². The van der Waals surface area contributed by atoms with E-state index in [1.165, 1.54) is 24.1 Å². The lowest BCUT2D eigenvalue weighted by atomic mass is 10.1. The quantitative estimate of drug-likeness (QED) is 0.877. The highest BCUT2D eigenvalue weighted by Gasteiger charge is 2.30. The summed E-state index contributed by atoms with van der Waals surface area (Å²) in [6, 6.07) is 4.04. The van der Waals surface area contributed by atoms with E-state index in [-0.39, 0.29) is 0 Å². The van der Waals surface area contributed by atoms with Gasteiger partial charge in [-0.05, 0) is 37.4 Å². The molecule has 20 heavy (non-hydrogen) atoms. The molecule has 0 amide bonds. The molecule has 106 valence electrons. The molecule has 4 heteroatoms. The van der Waals surface area contributed by atoms with Gasteiger partial charge in [0.1, 0.15) is 0 Å². The molecule has 2 aromatic heterocycles. The Morgan fingerprint density at radius 1 is 1.30 bits per heavy atom. The first-order valence-corrected chi connectivity index (χ1v) is 7.43. The predicted octanol–water partition coefficient (Wildman–Crippen LogP) is 2.89. The summed E-state index contributed by atoms with van der Waals surface area (Å²) in [6.45, 7) is 6.42. The van der Waals surface area contributed by atoms with E-state index < -0.39 is 0 Å². The van der Waals surface area contributed by atoms with E-state index in [1.54, 1.807) is 0 Å². The van der Waals surface area contributed by atoms with Gasteiger partial charge in [0, 0.05) is 30.4 Å². The summed E-state index contributed by atoms with van der Waals surface area (Å²) < 4.78 is 2.09. The van der Waals surface area contributed by atoms with Crippen LogP contribution >= 0.6 is 0 Å². The molecular weight excluding hydrogens is 248 g/mol. The van der Waals surface area contributed by atoms with Crippen LogP contribution in [0.25, 0.3) is 5.69 Å². The van der Waals surface area contributed by atoms with Crippen LogP contribution in [0.2, 0.25) is 0 Å². The van der Waals surface area contributed by atoms with Crippen LogP contribution in [-0.4, -0.2) is 21.3 Å². The van der Waals surface area contributed by atoms with E-state index in [0.29, 0.717) is 11.8 Å². The Kier molecular flexibility index (Phi) is 3.83. The lowest BCUT2D eigenvalue weighted by Crippen LogP contribution is -2.19. The van der Waals surface area contributed by atoms with Crippen molar-refractivity contribution in [1.29, 1.82) is 0 Å². The minimum atomic E-state index is 0.676. The van der Waals surface area contributed by atoms with Crippen molar-refractivity contribution in [3.8, 4) is 5.69 Å². The highest BCUT2D eigenvalue weighted by atomic mass is 15.3. The van der Waals surface area contributed by atoms with Gasteiger partial charge in [-0.2, -0.15) is 5.10 Å². The van der Waals surface area contributed by atoms with Crippen molar-refractivity contribution in [1.82, 2.24) is 20.1 Å². The first-order valence-electron chi connectivity index (χ1n) is 7.43. The van der Waals surface area contributed by atoms with Crippen LogP contribution in [0.4, 0.5) is 0 Å². The fraction of sp³-hybridized carbons (Fsp3) is 0.500. The standard InChI is InChI=1S/C16H22N4/c1-12(2)9-18-10-14-11-19-20(16(14)13-3-4-13)15-5-7-17-8-6-15/h5-8,11-13,18H,3-4,9-10H2,1-2H3. The zero-order chi connectivity index (χ0) is 13.9. The van der Waals surface area contributed by atoms with Crippen molar-refractivity contribution in [2.24, 2.45) is 5.92 Å². The summed E-state index contributed by atoms with van der Waals surface area (Å²) in [5.41, 5.74) is 3.83. The van der Waals surface area contributed by atoms with Crippen molar-refractivity contribution in [2.45, 2.75) is 39.2 Å². The number of nitrogens with one attached hydrogen (secondary N) is 1. The molecule has 0 aliphatic heterocycles. The van der Waals surface area contributed by atoms with E-state index in [9.17, 15) is 0 Å². The molecule has 0 aromatic carbocycles. The van der Waals surface area contributed by atoms with E-state index >= 15 is 0 Å². The van der Waals surface area contributed by atoms with Crippen molar-refractivity contribution in [2.75, 3.05) is 6.54 Å². The van der Waals surface area contributed by atoms with Gasteiger partial charge in [0.15, 0.2) is 0 Å². The molecule has 0 bridgehead atoms. The smallest absolute Gasteiger partial charge is 0.0679 e. The fourth-order valence-electron chi connectivity index (χ4n) is 2.51. The van der Waals surface area contributed by atoms with Gasteiger partial charge < -0.3 is 5.32 Å². The Balaban J connectivity index is 1.83. The number of aromatic nitrogens is 3. The molecule has 0 saturated heterocycles. The van der Waals surface area contributed by atoms with Crippen LogP contribution in [-0.2, 0) is 6.54 Å². The predicted molar refractivity (Wildman–Crippen MR) is 79.9 cm³/mol. The highest BCUT2D eigenvalue weighted by Crippen LogP contribution is 2.42. The monoisotopic (exact) mass is 270 g/mol.